The Morgan fingerprint density at radius 3 is 2.79 bits per heavy atom. The molecule has 0 radical (unpaired) electrons. The zero-order valence-corrected chi connectivity index (χ0v) is 15.9. The maximum Gasteiger partial charge on any atom is 0.248 e. The SMILES string of the molecule is CCOc1ccc(/C=C/C(=O)Nc2ccc(C)c(-n3cnnn3)c2)cc1OC. The number of nitrogens with one attached hydrogen (secondary N) is 1. The second kappa shape index (κ2) is 8.81. The largest absolute Gasteiger partial charge is 0.493 e. The molecule has 0 atom stereocenters. The Kier molecular flexibility index (Phi) is 6.01. The van der Waals surface area contributed by atoms with Crippen LogP contribution in [0.15, 0.2) is 48.8 Å². The van der Waals surface area contributed by atoms with Crippen LogP contribution in [0.2, 0.25) is 0 Å². The molecule has 1 heterocycles. The molecule has 0 aliphatic heterocycles. The van der Waals surface area contributed by atoms with Crippen molar-refractivity contribution in [3.8, 4) is 17.2 Å². The number of carbonyl (C=O) groups excluding carboxylic acids is 1. The number of anilines is 1. The molecular formula is C20H21N5O3. The number of nitrogens with zero attached hydrogens (tertiary/aromatic N) is 4. The summed E-state index contributed by atoms with van der Waals surface area (Å²) < 4.78 is 12.4. The molecule has 1 aromatic heterocycles. The van der Waals surface area contributed by atoms with Crippen molar-refractivity contribution in [3.63, 3.8) is 0 Å². The Balaban J connectivity index is 1.71. The van der Waals surface area contributed by atoms with E-state index >= 15 is 0 Å². The molecule has 3 rings (SSSR count). The molecule has 8 nitrogen and oxygen atoms in total. The highest BCUT2D eigenvalue weighted by atomic mass is 16.5. The van der Waals surface area contributed by atoms with Gasteiger partial charge in [0.2, 0.25) is 5.91 Å². The molecule has 1 amide bonds. The number of ether oxygens (including phenoxy) is 2. The van der Waals surface area contributed by atoms with Crippen LogP contribution in [0.4, 0.5) is 5.69 Å². The highest BCUT2D eigenvalue weighted by molar-refractivity contribution is 6.02. The van der Waals surface area contributed by atoms with Crippen molar-refractivity contribution in [3.05, 3.63) is 59.9 Å². The van der Waals surface area contributed by atoms with Crippen LogP contribution in [0.25, 0.3) is 11.8 Å². The van der Waals surface area contributed by atoms with Gasteiger partial charge in [0.15, 0.2) is 11.5 Å². The van der Waals surface area contributed by atoms with E-state index in [1.54, 1.807) is 17.9 Å². The predicted molar refractivity (Wildman–Crippen MR) is 106 cm³/mol. The van der Waals surface area contributed by atoms with E-state index in [1.165, 1.54) is 12.4 Å². The van der Waals surface area contributed by atoms with E-state index in [2.05, 4.69) is 20.8 Å². The van der Waals surface area contributed by atoms with Crippen molar-refractivity contribution in [1.29, 1.82) is 0 Å². The highest BCUT2D eigenvalue weighted by Crippen LogP contribution is 2.28. The van der Waals surface area contributed by atoms with E-state index in [-0.39, 0.29) is 5.91 Å². The lowest BCUT2D eigenvalue weighted by Gasteiger charge is -2.09. The second-order valence-electron chi connectivity index (χ2n) is 5.92. The second-order valence-corrected chi connectivity index (χ2v) is 5.92. The molecule has 0 aliphatic rings. The van der Waals surface area contributed by atoms with Crippen LogP contribution in [0.1, 0.15) is 18.1 Å². The van der Waals surface area contributed by atoms with Crippen LogP contribution in [0.5, 0.6) is 11.5 Å². The number of hydrogen-bond acceptors (Lipinski definition) is 6. The molecule has 8 heteroatoms. The van der Waals surface area contributed by atoms with Gasteiger partial charge in [-0.25, -0.2) is 4.68 Å². The van der Waals surface area contributed by atoms with Gasteiger partial charge in [-0.1, -0.05) is 12.1 Å². The van der Waals surface area contributed by atoms with Gasteiger partial charge in [0.25, 0.3) is 0 Å². The standard InChI is InChI=1S/C20H21N5O3/c1-4-28-18-9-6-15(11-19(18)27-3)7-10-20(26)22-16-8-5-14(2)17(12-16)25-13-21-23-24-25/h5-13H,4H2,1-3H3,(H,22,26)/b10-7+. The fraction of sp³-hybridized carbons (Fsp3) is 0.200. The lowest BCUT2D eigenvalue weighted by Crippen LogP contribution is -2.09. The minimum atomic E-state index is -0.251. The van der Waals surface area contributed by atoms with E-state index < -0.39 is 0 Å². The molecule has 0 spiro atoms. The fourth-order valence-corrected chi connectivity index (χ4v) is 2.62. The quantitative estimate of drug-likeness (QED) is 0.635. The van der Waals surface area contributed by atoms with Gasteiger partial charge < -0.3 is 14.8 Å². The van der Waals surface area contributed by atoms with E-state index in [4.69, 9.17) is 9.47 Å². The van der Waals surface area contributed by atoms with Crippen molar-refractivity contribution < 1.29 is 14.3 Å². The molecule has 0 saturated heterocycles. The number of methoxy groups -OCH3 is 1. The Morgan fingerprint density at radius 2 is 2.07 bits per heavy atom. The molecule has 0 saturated carbocycles. The third kappa shape index (κ3) is 4.53. The van der Waals surface area contributed by atoms with Crippen LogP contribution in [0, 0.1) is 6.92 Å². The highest BCUT2D eigenvalue weighted by Gasteiger charge is 2.07. The maximum atomic E-state index is 12.3. The Bertz CT molecular complexity index is 984. The summed E-state index contributed by atoms with van der Waals surface area (Å²) in [5.41, 5.74) is 3.26. The van der Waals surface area contributed by atoms with E-state index in [0.29, 0.717) is 23.8 Å². The maximum absolute atomic E-state index is 12.3. The first-order valence-electron chi connectivity index (χ1n) is 8.74. The van der Waals surface area contributed by atoms with Crippen molar-refractivity contribution >= 4 is 17.7 Å². The summed E-state index contributed by atoms with van der Waals surface area (Å²) in [6.07, 6.45) is 4.68. The number of tetrazole rings is 1. The first-order chi connectivity index (χ1) is 13.6. The minimum absolute atomic E-state index is 0.251. The summed E-state index contributed by atoms with van der Waals surface area (Å²) >= 11 is 0. The van der Waals surface area contributed by atoms with Crippen molar-refractivity contribution in [2.45, 2.75) is 13.8 Å². The van der Waals surface area contributed by atoms with Gasteiger partial charge in [-0.15, -0.1) is 5.10 Å². The third-order valence-corrected chi connectivity index (χ3v) is 3.99. The number of hydrogen-bond donors (Lipinski definition) is 1. The van der Waals surface area contributed by atoms with Gasteiger partial charge in [-0.3, -0.25) is 4.79 Å². The molecule has 144 valence electrons. The zero-order chi connectivity index (χ0) is 19.9. The van der Waals surface area contributed by atoms with E-state index in [1.807, 2.05) is 50.2 Å². The summed E-state index contributed by atoms with van der Waals surface area (Å²) in [4.78, 5) is 12.3. The number of aromatic nitrogens is 4. The lowest BCUT2D eigenvalue weighted by atomic mass is 10.1. The van der Waals surface area contributed by atoms with Gasteiger partial charge in [0, 0.05) is 11.8 Å². The van der Waals surface area contributed by atoms with Crippen LogP contribution >= 0.6 is 0 Å². The first-order valence-corrected chi connectivity index (χ1v) is 8.74. The minimum Gasteiger partial charge on any atom is -0.493 e. The number of benzene rings is 2. The van der Waals surface area contributed by atoms with Crippen LogP contribution in [0.3, 0.4) is 0 Å². The van der Waals surface area contributed by atoms with Crippen molar-refractivity contribution in [2.75, 3.05) is 19.0 Å². The summed E-state index contributed by atoms with van der Waals surface area (Å²) in [6, 6.07) is 11.0. The summed E-state index contributed by atoms with van der Waals surface area (Å²) in [5.74, 6) is 1.04. The monoisotopic (exact) mass is 379 g/mol. The molecule has 28 heavy (non-hydrogen) atoms. The topological polar surface area (TPSA) is 91.2 Å². The van der Waals surface area contributed by atoms with Gasteiger partial charge in [0.1, 0.15) is 6.33 Å². The van der Waals surface area contributed by atoms with Gasteiger partial charge in [-0.05, 0) is 65.7 Å². The summed E-state index contributed by atoms with van der Waals surface area (Å²) in [7, 11) is 1.58. The smallest absolute Gasteiger partial charge is 0.248 e. The zero-order valence-electron chi connectivity index (χ0n) is 15.9. The normalized spacial score (nSPS) is 10.8. The average Bonchev–Trinajstić information content (AvgIpc) is 3.23. The Morgan fingerprint density at radius 1 is 1.21 bits per heavy atom. The van der Waals surface area contributed by atoms with Crippen LogP contribution in [-0.4, -0.2) is 39.8 Å². The summed E-state index contributed by atoms with van der Waals surface area (Å²) in [5, 5.41) is 14.0. The molecule has 2 aromatic carbocycles. The molecule has 0 bridgehead atoms. The predicted octanol–water partition coefficient (Wildman–Crippen LogP) is 3.03. The third-order valence-electron chi connectivity index (χ3n) is 3.99. The molecule has 0 fully saturated rings. The summed E-state index contributed by atoms with van der Waals surface area (Å²) in [6.45, 7) is 4.41. The number of carbonyl (C=O) groups is 1. The average molecular weight is 379 g/mol. The number of aryl methyl sites for hydroxylation is 1. The fourth-order valence-electron chi connectivity index (χ4n) is 2.62. The molecular weight excluding hydrogens is 358 g/mol. The lowest BCUT2D eigenvalue weighted by molar-refractivity contribution is -0.111. The molecule has 0 aliphatic carbocycles. The van der Waals surface area contributed by atoms with E-state index in [9.17, 15) is 4.79 Å². The van der Waals surface area contributed by atoms with Gasteiger partial charge >= 0.3 is 0 Å². The Labute approximate surface area is 162 Å². The van der Waals surface area contributed by atoms with Gasteiger partial charge in [-0.2, -0.15) is 0 Å². The molecule has 0 unspecified atom stereocenters. The van der Waals surface area contributed by atoms with Crippen LogP contribution < -0.4 is 14.8 Å². The van der Waals surface area contributed by atoms with Gasteiger partial charge in [0.05, 0.1) is 19.4 Å². The first kappa shape index (κ1) is 19.1. The number of amides is 1. The van der Waals surface area contributed by atoms with Crippen molar-refractivity contribution in [2.24, 2.45) is 0 Å². The molecule has 1 N–H and O–H groups in total. The molecule has 3 aromatic rings. The Hall–Kier alpha value is -3.68. The van der Waals surface area contributed by atoms with E-state index in [0.717, 1.165) is 16.8 Å². The number of rotatable bonds is 7. The van der Waals surface area contributed by atoms with Crippen LogP contribution in [-0.2, 0) is 4.79 Å². The van der Waals surface area contributed by atoms with Crippen molar-refractivity contribution in [1.82, 2.24) is 20.2 Å².